The Kier molecular flexibility index (Phi) is 2.27. The van der Waals surface area contributed by atoms with Gasteiger partial charge in [0.25, 0.3) is 0 Å². The Hall–Kier alpha value is -1.70. The molecule has 2 rings (SSSR count). The maximum absolute atomic E-state index is 5.45. The van der Waals surface area contributed by atoms with Crippen LogP contribution in [0.15, 0.2) is 34.7 Å². The van der Waals surface area contributed by atoms with E-state index < -0.39 is 0 Å². The minimum atomic E-state index is 0.802. The number of furan rings is 1. The Morgan fingerprint density at radius 1 is 1.21 bits per heavy atom. The fraction of sp³-hybridized carbons (Fsp3) is 0.167. The summed E-state index contributed by atoms with van der Waals surface area (Å²) in [7, 11) is 1.65. The van der Waals surface area contributed by atoms with Gasteiger partial charge in [0.15, 0.2) is 0 Å². The van der Waals surface area contributed by atoms with Gasteiger partial charge in [-0.3, -0.25) is 0 Å². The van der Waals surface area contributed by atoms with Crippen LogP contribution in [0.1, 0.15) is 5.76 Å². The SMILES string of the molecule is COc1ccc(-c2c[c]c(C)o2)cc1. The minimum absolute atomic E-state index is 0.802. The van der Waals surface area contributed by atoms with Crippen molar-refractivity contribution in [2.75, 3.05) is 7.11 Å². The van der Waals surface area contributed by atoms with E-state index >= 15 is 0 Å². The summed E-state index contributed by atoms with van der Waals surface area (Å²) in [5.41, 5.74) is 1.04. The smallest absolute Gasteiger partial charge is 0.134 e. The van der Waals surface area contributed by atoms with Gasteiger partial charge >= 0.3 is 0 Å². The third kappa shape index (κ3) is 1.64. The molecular weight excluding hydrogens is 176 g/mol. The monoisotopic (exact) mass is 187 g/mol. The summed E-state index contributed by atoms with van der Waals surface area (Å²) >= 11 is 0. The van der Waals surface area contributed by atoms with Gasteiger partial charge in [0.05, 0.1) is 7.11 Å². The van der Waals surface area contributed by atoms with Crippen LogP contribution in [0.4, 0.5) is 0 Å². The predicted octanol–water partition coefficient (Wildman–Crippen LogP) is 3.06. The van der Waals surface area contributed by atoms with Crippen molar-refractivity contribution in [3.8, 4) is 17.1 Å². The van der Waals surface area contributed by atoms with Crippen LogP contribution in [0.3, 0.4) is 0 Å². The molecule has 2 aromatic rings. The Labute approximate surface area is 83.1 Å². The summed E-state index contributed by atoms with van der Waals surface area (Å²) in [5.74, 6) is 2.49. The zero-order chi connectivity index (χ0) is 9.97. The molecule has 2 heteroatoms. The summed E-state index contributed by atoms with van der Waals surface area (Å²) in [4.78, 5) is 0. The van der Waals surface area contributed by atoms with Gasteiger partial charge in [0.2, 0.25) is 0 Å². The van der Waals surface area contributed by atoms with E-state index in [1.807, 2.05) is 37.3 Å². The van der Waals surface area contributed by atoms with E-state index in [0.29, 0.717) is 0 Å². The van der Waals surface area contributed by atoms with Crippen molar-refractivity contribution in [1.82, 2.24) is 0 Å². The second-order valence-corrected chi connectivity index (χ2v) is 3.04. The Morgan fingerprint density at radius 3 is 2.43 bits per heavy atom. The quantitative estimate of drug-likeness (QED) is 0.720. The molecule has 0 amide bonds. The maximum atomic E-state index is 5.45. The highest BCUT2D eigenvalue weighted by molar-refractivity contribution is 5.58. The van der Waals surface area contributed by atoms with Crippen molar-refractivity contribution in [1.29, 1.82) is 0 Å². The molecule has 2 nitrogen and oxygen atoms in total. The molecule has 0 aliphatic rings. The van der Waals surface area contributed by atoms with Gasteiger partial charge in [0, 0.05) is 11.6 Å². The lowest BCUT2D eigenvalue weighted by atomic mass is 10.2. The molecule has 71 valence electrons. The van der Waals surface area contributed by atoms with Crippen LogP contribution in [0.25, 0.3) is 11.3 Å². The van der Waals surface area contributed by atoms with Crippen LogP contribution in [-0.2, 0) is 0 Å². The van der Waals surface area contributed by atoms with Crippen LogP contribution in [0.2, 0.25) is 0 Å². The van der Waals surface area contributed by atoms with E-state index in [1.54, 1.807) is 7.11 Å². The lowest BCUT2D eigenvalue weighted by Gasteiger charge is -2.00. The molecule has 0 N–H and O–H groups in total. The van der Waals surface area contributed by atoms with E-state index in [0.717, 1.165) is 22.8 Å². The average Bonchev–Trinajstić information content (AvgIpc) is 2.65. The van der Waals surface area contributed by atoms with Gasteiger partial charge in [0.1, 0.15) is 17.3 Å². The van der Waals surface area contributed by atoms with Gasteiger partial charge in [-0.05, 0) is 37.3 Å². The summed E-state index contributed by atoms with van der Waals surface area (Å²) < 4.78 is 10.5. The molecule has 1 heterocycles. The lowest BCUT2D eigenvalue weighted by molar-refractivity contribution is 0.415. The van der Waals surface area contributed by atoms with Crippen molar-refractivity contribution in [3.63, 3.8) is 0 Å². The summed E-state index contributed by atoms with van der Waals surface area (Å²) in [6, 6.07) is 12.6. The van der Waals surface area contributed by atoms with Crippen LogP contribution in [0, 0.1) is 13.0 Å². The summed E-state index contributed by atoms with van der Waals surface area (Å²) in [5, 5.41) is 0. The highest BCUT2D eigenvalue weighted by Gasteiger charge is 2.02. The minimum Gasteiger partial charge on any atom is -0.497 e. The predicted molar refractivity (Wildman–Crippen MR) is 54.3 cm³/mol. The summed E-state index contributed by atoms with van der Waals surface area (Å²) in [6.45, 7) is 1.88. The molecule has 1 radical (unpaired) electrons. The summed E-state index contributed by atoms with van der Waals surface area (Å²) in [6.07, 6.45) is 0. The van der Waals surface area contributed by atoms with Gasteiger partial charge < -0.3 is 9.15 Å². The normalized spacial score (nSPS) is 10.1. The van der Waals surface area contributed by atoms with Crippen molar-refractivity contribution in [2.24, 2.45) is 0 Å². The first-order valence-corrected chi connectivity index (χ1v) is 4.42. The second-order valence-electron chi connectivity index (χ2n) is 3.04. The Bertz CT molecular complexity index is 412. The molecule has 0 unspecified atom stereocenters. The van der Waals surface area contributed by atoms with Crippen molar-refractivity contribution >= 4 is 0 Å². The molecular formula is C12H11O2. The third-order valence-corrected chi connectivity index (χ3v) is 2.04. The first kappa shape index (κ1) is 8.88. The molecule has 0 bridgehead atoms. The van der Waals surface area contributed by atoms with Gasteiger partial charge in [-0.15, -0.1) is 0 Å². The Balaban J connectivity index is 2.33. The molecule has 0 atom stereocenters. The van der Waals surface area contributed by atoms with Crippen LogP contribution in [0.5, 0.6) is 5.75 Å². The van der Waals surface area contributed by atoms with Gasteiger partial charge in [-0.2, -0.15) is 0 Å². The van der Waals surface area contributed by atoms with Gasteiger partial charge in [-0.1, -0.05) is 0 Å². The number of benzene rings is 1. The van der Waals surface area contributed by atoms with E-state index in [9.17, 15) is 0 Å². The Morgan fingerprint density at radius 2 is 1.93 bits per heavy atom. The first-order valence-electron chi connectivity index (χ1n) is 4.42. The van der Waals surface area contributed by atoms with E-state index in [4.69, 9.17) is 9.15 Å². The van der Waals surface area contributed by atoms with Gasteiger partial charge in [-0.25, -0.2) is 0 Å². The largest absolute Gasteiger partial charge is 0.497 e. The molecule has 0 saturated carbocycles. The molecule has 1 aromatic heterocycles. The average molecular weight is 187 g/mol. The zero-order valence-electron chi connectivity index (χ0n) is 8.20. The van der Waals surface area contributed by atoms with Crippen LogP contribution in [-0.4, -0.2) is 7.11 Å². The van der Waals surface area contributed by atoms with E-state index in [2.05, 4.69) is 6.07 Å². The highest BCUT2D eigenvalue weighted by Crippen LogP contribution is 2.23. The molecule has 0 spiro atoms. The third-order valence-electron chi connectivity index (χ3n) is 2.04. The molecule has 0 aliphatic heterocycles. The number of hydrogen-bond donors (Lipinski definition) is 0. The van der Waals surface area contributed by atoms with E-state index in [1.165, 1.54) is 0 Å². The fourth-order valence-corrected chi connectivity index (χ4v) is 1.29. The van der Waals surface area contributed by atoms with Crippen LogP contribution < -0.4 is 4.74 Å². The lowest BCUT2D eigenvalue weighted by Crippen LogP contribution is -1.81. The highest BCUT2D eigenvalue weighted by atomic mass is 16.5. The maximum Gasteiger partial charge on any atom is 0.134 e. The molecule has 1 aromatic carbocycles. The van der Waals surface area contributed by atoms with Crippen LogP contribution >= 0.6 is 0 Å². The number of ether oxygens (including phenoxy) is 1. The van der Waals surface area contributed by atoms with Crippen molar-refractivity contribution in [2.45, 2.75) is 6.92 Å². The molecule has 0 fully saturated rings. The molecule has 0 aliphatic carbocycles. The molecule has 14 heavy (non-hydrogen) atoms. The number of aryl methyl sites for hydroxylation is 1. The fourth-order valence-electron chi connectivity index (χ4n) is 1.29. The number of methoxy groups -OCH3 is 1. The van der Waals surface area contributed by atoms with Crippen molar-refractivity contribution in [3.05, 3.63) is 42.2 Å². The number of rotatable bonds is 2. The topological polar surface area (TPSA) is 22.4 Å². The number of hydrogen-bond acceptors (Lipinski definition) is 2. The molecule has 0 saturated heterocycles. The standard InChI is InChI=1S/C12H11O2/c1-9-3-8-12(14-9)10-4-6-11(13-2)7-5-10/h4-8H,1-2H3. The second kappa shape index (κ2) is 3.58. The first-order chi connectivity index (χ1) is 6.79. The van der Waals surface area contributed by atoms with E-state index in [-0.39, 0.29) is 0 Å². The zero-order valence-corrected chi connectivity index (χ0v) is 8.20. The van der Waals surface area contributed by atoms with Crippen molar-refractivity contribution < 1.29 is 9.15 Å².